The minimum Gasteiger partial charge on any atom is -0.486 e. The molecule has 0 bridgehead atoms. The van der Waals surface area contributed by atoms with Gasteiger partial charge in [0.05, 0.1) is 10.6 Å². The summed E-state index contributed by atoms with van der Waals surface area (Å²) in [4.78, 5) is 12.7. The molecule has 3 aromatic carbocycles. The summed E-state index contributed by atoms with van der Waals surface area (Å²) in [5.74, 6) is 1.07. The molecule has 4 rings (SSSR count). The number of rotatable bonds is 7. The van der Waals surface area contributed by atoms with Gasteiger partial charge in [-0.1, -0.05) is 24.3 Å². The third kappa shape index (κ3) is 4.55. The van der Waals surface area contributed by atoms with Crippen molar-refractivity contribution in [2.45, 2.75) is 18.4 Å². The van der Waals surface area contributed by atoms with Crippen LogP contribution in [0.25, 0.3) is 0 Å². The lowest BCUT2D eigenvalue weighted by molar-refractivity contribution is 0.0950. The van der Waals surface area contributed by atoms with Crippen LogP contribution in [-0.4, -0.2) is 34.1 Å². The molecule has 3 aromatic rings. The average Bonchev–Trinajstić information content (AvgIpc) is 2.83. The first kappa shape index (κ1) is 21.7. The molecule has 0 saturated heterocycles. The Labute approximate surface area is 187 Å². The van der Waals surface area contributed by atoms with Gasteiger partial charge < -0.3 is 14.8 Å². The van der Waals surface area contributed by atoms with Gasteiger partial charge in [0.15, 0.2) is 11.5 Å². The van der Waals surface area contributed by atoms with Crippen LogP contribution in [0.15, 0.2) is 77.7 Å². The Kier molecular flexibility index (Phi) is 6.32. The van der Waals surface area contributed by atoms with Crippen molar-refractivity contribution in [2.75, 3.05) is 24.1 Å². The number of benzene rings is 3. The number of amides is 1. The third-order valence-corrected chi connectivity index (χ3v) is 7.01. The van der Waals surface area contributed by atoms with Crippen molar-refractivity contribution < 1.29 is 22.7 Å². The van der Waals surface area contributed by atoms with Crippen LogP contribution in [0.3, 0.4) is 0 Å². The molecular weight excluding hydrogens is 428 g/mol. The van der Waals surface area contributed by atoms with E-state index in [0.717, 1.165) is 5.56 Å². The van der Waals surface area contributed by atoms with E-state index in [1.165, 1.54) is 28.6 Å². The van der Waals surface area contributed by atoms with Gasteiger partial charge in [0.1, 0.15) is 13.2 Å². The number of sulfonamides is 1. The van der Waals surface area contributed by atoms with Crippen LogP contribution >= 0.6 is 0 Å². The summed E-state index contributed by atoms with van der Waals surface area (Å²) in [6.45, 7) is 3.41. The number of nitrogens with zero attached hydrogens (tertiary/aromatic N) is 1. The van der Waals surface area contributed by atoms with Crippen LogP contribution in [0.5, 0.6) is 11.5 Å². The van der Waals surface area contributed by atoms with Crippen LogP contribution in [0.4, 0.5) is 5.69 Å². The number of fused-ring (bicyclic) bond motifs is 1. The zero-order valence-corrected chi connectivity index (χ0v) is 18.5. The van der Waals surface area contributed by atoms with E-state index in [1.807, 2.05) is 24.3 Å². The molecule has 32 heavy (non-hydrogen) atoms. The third-order valence-electron chi connectivity index (χ3n) is 5.10. The number of para-hydroxylation sites is 1. The van der Waals surface area contributed by atoms with E-state index in [1.54, 1.807) is 31.2 Å². The Bertz CT molecular complexity index is 1190. The summed E-state index contributed by atoms with van der Waals surface area (Å²) in [5.41, 5.74) is 1.85. The van der Waals surface area contributed by atoms with Gasteiger partial charge in [-0.05, 0) is 61.0 Å². The van der Waals surface area contributed by atoms with Crippen molar-refractivity contribution in [2.24, 2.45) is 0 Å². The lowest BCUT2D eigenvalue weighted by atomic mass is 10.1. The molecule has 1 aliphatic heterocycles. The molecule has 0 radical (unpaired) electrons. The molecule has 0 spiro atoms. The maximum absolute atomic E-state index is 13.1. The molecule has 0 aliphatic carbocycles. The van der Waals surface area contributed by atoms with E-state index in [2.05, 4.69) is 5.32 Å². The molecule has 8 heteroatoms. The van der Waals surface area contributed by atoms with Gasteiger partial charge in [0.25, 0.3) is 15.9 Å². The second kappa shape index (κ2) is 9.32. The van der Waals surface area contributed by atoms with E-state index < -0.39 is 10.0 Å². The van der Waals surface area contributed by atoms with Crippen molar-refractivity contribution in [3.63, 3.8) is 0 Å². The summed E-state index contributed by atoms with van der Waals surface area (Å²) < 4.78 is 38.6. The Hall–Kier alpha value is -3.52. The first-order valence-corrected chi connectivity index (χ1v) is 11.8. The minimum absolute atomic E-state index is 0.131. The number of anilines is 1. The van der Waals surface area contributed by atoms with Gasteiger partial charge in [0.2, 0.25) is 0 Å². The highest BCUT2D eigenvalue weighted by Crippen LogP contribution is 2.30. The summed E-state index contributed by atoms with van der Waals surface area (Å²) in [6.07, 6.45) is 0. The summed E-state index contributed by atoms with van der Waals surface area (Å²) in [7, 11) is -3.73. The number of carbonyl (C=O) groups is 1. The molecule has 0 fully saturated rings. The maximum atomic E-state index is 13.1. The predicted octanol–water partition coefficient (Wildman–Crippen LogP) is 3.60. The lowest BCUT2D eigenvalue weighted by Gasteiger charge is -2.23. The average molecular weight is 453 g/mol. The quantitative estimate of drug-likeness (QED) is 0.592. The molecule has 1 heterocycles. The molecule has 1 amide bonds. The normalized spacial score (nSPS) is 12.8. The van der Waals surface area contributed by atoms with Crippen LogP contribution in [0.2, 0.25) is 0 Å². The molecule has 166 valence electrons. The number of carbonyl (C=O) groups excluding carboxylic acids is 1. The van der Waals surface area contributed by atoms with Crippen LogP contribution in [0.1, 0.15) is 22.8 Å². The number of nitrogens with one attached hydrogen (secondary N) is 1. The Morgan fingerprint density at radius 3 is 2.31 bits per heavy atom. The van der Waals surface area contributed by atoms with E-state index in [0.29, 0.717) is 49.1 Å². The highest BCUT2D eigenvalue weighted by atomic mass is 32.2. The first-order valence-electron chi connectivity index (χ1n) is 10.3. The molecule has 7 nitrogen and oxygen atoms in total. The topological polar surface area (TPSA) is 84.9 Å². The molecule has 0 aromatic heterocycles. The lowest BCUT2D eigenvalue weighted by Crippen LogP contribution is -2.30. The monoisotopic (exact) mass is 452 g/mol. The van der Waals surface area contributed by atoms with Crippen LogP contribution in [0, 0.1) is 0 Å². The SMILES string of the molecule is CCN(c1ccccc1)S(=O)(=O)c1ccc(C(=O)NCc2ccc3c(c2)OCCO3)cc1. The zero-order chi connectivity index (χ0) is 22.6. The fourth-order valence-electron chi connectivity index (χ4n) is 3.47. The summed E-state index contributed by atoms with van der Waals surface area (Å²) in [5, 5.41) is 2.84. The molecule has 1 aliphatic rings. The van der Waals surface area contributed by atoms with Gasteiger partial charge in [-0.3, -0.25) is 9.10 Å². The van der Waals surface area contributed by atoms with Crippen molar-refractivity contribution in [1.82, 2.24) is 5.32 Å². The second-order valence-electron chi connectivity index (χ2n) is 7.19. The zero-order valence-electron chi connectivity index (χ0n) is 17.7. The van der Waals surface area contributed by atoms with E-state index >= 15 is 0 Å². The summed E-state index contributed by atoms with van der Waals surface area (Å²) in [6, 6.07) is 20.4. The van der Waals surface area contributed by atoms with E-state index in [4.69, 9.17) is 9.47 Å². The summed E-state index contributed by atoms with van der Waals surface area (Å²) >= 11 is 0. The molecular formula is C24H24N2O5S. The first-order chi connectivity index (χ1) is 15.5. The van der Waals surface area contributed by atoms with Gasteiger partial charge in [-0.15, -0.1) is 0 Å². The fourth-order valence-corrected chi connectivity index (χ4v) is 4.95. The number of ether oxygens (including phenoxy) is 2. The van der Waals surface area contributed by atoms with Crippen molar-refractivity contribution in [3.05, 3.63) is 83.9 Å². The smallest absolute Gasteiger partial charge is 0.264 e. The molecule has 1 N–H and O–H groups in total. The molecule has 0 unspecified atom stereocenters. The molecule has 0 saturated carbocycles. The van der Waals surface area contributed by atoms with Crippen molar-refractivity contribution in [1.29, 1.82) is 0 Å². The van der Waals surface area contributed by atoms with Crippen molar-refractivity contribution >= 4 is 21.6 Å². The predicted molar refractivity (Wildman–Crippen MR) is 122 cm³/mol. The fraction of sp³-hybridized carbons (Fsp3) is 0.208. The highest BCUT2D eigenvalue weighted by molar-refractivity contribution is 7.92. The van der Waals surface area contributed by atoms with Gasteiger partial charge in [-0.2, -0.15) is 0 Å². The van der Waals surface area contributed by atoms with Crippen molar-refractivity contribution in [3.8, 4) is 11.5 Å². The standard InChI is InChI=1S/C24H24N2O5S/c1-2-26(20-6-4-3-5-7-20)32(28,29)21-11-9-19(10-12-21)24(27)25-17-18-8-13-22-23(16-18)31-15-14-30-22/h3-13,16H,2,14-15,17H2,1H3,(H,25,27). The van der Waals surface area contributed by atoms with E-state index in [9.17, 15) is 13.2 Å². The maximum Gasteiger partial charge on any atom is 0.264 e. The number of hydrogen-bond donors (Lipinski definition) is 1. The van der Waals surface area contributed by atoms with Crippen LogP contribution < -0.4 is 19.1 Å². The largest absolute Gasteiger partial charge is 0.486 e. The second-order valence-corrected chi connectivity index (χ2v) is 9.05. The molecule has 0 atom stereocenters. The highest BCUT2D eigenvalue weighted by Gasteiger charge is 2.23. The van der Waals surface area contributed by atoms with Gasteiger partial charge in [-0.25, -0.2) is 8.42 Å². The Balaban J connectivity index is 1.44. The van der Waals surface area contributed by atoms with Gasteiger partial charge in [0, 0.05) is 18.7 Å². The number of hydrogen-bond acceptors (Lipinski definition) is 5. The Morgan fingerprint density at radius 2 is 1.62 bits per heavy atom. The Morgan fingerprint density at radius 1 is 0.938 bits per heavy atom. The van der Waals surface area contributed by atoms with E-state index in [-0.39, 0.29) is 10.8 Å². The minimum atomic E-state index is -3.73. The van der Waals surface area contributed by atoms with Crippen LogP contribution in [-0.2, 0) is 16.6 Å². The van der Waals surface area contributed by atoms with Gasteiger partial charge >= 0.3 is 0 Å².